The van der Waals surface area contributed by atoms with Crippen molar-refractivity contribution < 1.29 is 14.7 Å². The molecule has 3 aromatic rings. The Morgan fingerprint density at radius 1 is 0.886 bits per heavy atom. The predicted octanol–water partition coefficient (Wildman–Crippen LogP) is 6.49. The first kappa shape index (κ1) is 26.6. The predicted molar refractivity (Wildman–Crippen MR) is 141 cm³/mol. The Bertz CT molecular complexity index is 1150. The quantitative estimate of drug-likeness (QED) is 0.344. The van der Waals surface area contributed by atoms with Gasteiger partial charge in [0.05, 0.1) is 16.1 Å². The van der Waals surface area contributed by atoms with Crippen molar-refractivity contribution in [3.63, 3.8) is 0 Å². The minimum Gasteiger partial charge on any atom is -0.508 e. The minimum atomic E-state index is -0.886. The van der Waals surface area contributed by atoms with Crippen molar-refractivity contribution in [1.29, 1.82) is 0 Å². The van der Waals surface area contributed by atoms with E-state index in [0.29, 0.717) is 22.0 Å². The molecule has 0 aliphatic carbocycles. The maximum absolute atomic E-state index is 13.7. The monoisotopic (exact) mass is 512 g/mol. The molecule has 3 rings (SSSR count). The van der Waals surface area contributed by atoms with Crippen LogP contribution in [0.15, 0.2) is 72.8 Å². The molecule has 7 heteroatoms. The smallest absolute Gasteiger partial charge is 0.247 e. The van der Waals surface area contributed by atoms with Crippen LogP contribution in [0.5, 0.6) is 5.75 Å². The molecule has 0 aromatic heterocycles. The SMILES string of the molecule is CC(NC(=O)C(c1ccc(Cl)c(Cl)c1)N(C(=O)CCc1ccc(O)cc1)C(C)C)c1ccccc1. The van der Waals surface area contributed by atoms with Gasteiger partial charge in [-0.15, -0.1) is 0 Å². The van der Waals surface area contributed by atoms with Crippen LogP contribution in [0.2, 0.25) is 10.0 Å². The number of carbonyl (C=O) groups is 2. The van der Waals surface area contributed by atoms with Crippen LogP contribution in [0.25, 0.3) is 0 Å². The van der Waals surface area contributed by atoms with Gasteiger partial charge >= 0.3 is 0 Å². The standard InChI is InChI=1S/C28H30Cl2N2O3/c1-18(2)32(26(34)16-11-20-9-13-23(33)14-10-20)27(22-12-15-24(29)25(30)17-22)28(35)31-19(3)21-7-5-4-6-8-21/h4-10,12-15,17-19,27,33H,11,16H2,1-3H3,(H,31,35). The summed E-state index contributed by atoms with van der Waals surface area (Å²) in [6.45, 7) is 5.68. The van der Waals surface area contributed by atoms with Crippen LogP contribution in [0.3, 0.4) is 0 Å². The fourth-order valence-electron chi connectivity index (χ4n) is 4.01. The van der Waals surface area contributed by atoms with Gasteiger partial charge in [-0.25, -0.2) is 0 Å². The van der Waals surface area contributed by atoms with Gasteiger partial charge in [0.25, 0.3) is 0 Å². The van der Waals surface area contributed by atoms with Crippen LogP contribution in [-0.2, 0) is 16.0 Å². The van der Waals surface area contributed by atoms with Crippen molar-refractivity contribution in [2.75, 3.05) is 0 Å². The number of carbonyl (C=O) groups excluding carboxylic acids is 2. The van der Waals surface area contributed by atoms with Crippen molar-refractivity contribution in [1.82, 2.24) is 10.2 Å². The average Bonchev–Trinajstić information content (AvgIpc) is 2.84. The van der Waals surface area contributed by atoms with E-state index in [-0.39, 0.29) is 36.1 Å². The van der Waals surface area contributed by atoms with Crippen molar-refractivity contribution >= 4 is 35.0 Å². The number of aromatic hydroxyl groups is 1. The number of phenolic OH excluding ortho intramolecular Hbond substituents is 1. The highest BCUT2D eigenvalue weighted by atomic mass is 35.5. The summed E-state index contributed by atoms with van der Waals surface area (Å²) in [5.74, 6) is -0.286. The second-order valence-electron chi connectivity index (χ2n) is 8.78. The van der Waals surface area contributed by atoms with Crippen molar-refractivity contribution in [2.24, 2.45) is 0 Å². The molecule has 2 amide bonds. The highest BCUT2D eigenvalue weighted by molar-refractivity contribution is 6.42. The van der Waals surface area contributed by atoms with E-state index in [1.165, 1.54) is 0 Å². The largest absolute Gasteiger partial charge is 0.508 e. The van der Waals surface area contributed by atoms with Crippen molar-refractivity contribution in [3.8, 4) is 5.75 Å². The molecule has 0 fully saturated rings. The van der Waals surface area contributed by atoms with E-state index in [2.05, 4.69) is 5.32 Å². The number of aryl methyl sites for hydroxylation is 1. The lowest BCUT2D eigenvalue weighted by molar-refractivity contribution is -0.143. The van der Waals surface area contributed by atoms with E-state index in [0.717, 1.165) is 11.1 Å². The summed E-state index contributed by atoms with van der Waals surface area (Å²) in [6, 6.07) is 20.0. The Kier molecular flexibility index (Phi) is 9.19. The molecule has 35 heavy (non-hydrogen) atoms. The van der Waals surface area contributed by atoms with Crippen LogP contribution in [0.4, 0.5) is 0 Å². The number of phenols is 1. The molecular weight excluding hydrogens is 483 g/mol. The second-order valence-corrected chi connectivity index (χ2v) is 9.59. The molecule has 5 nitrogen and oxygen atoms in total. The van der Waals surface area contributed by atoms with Crippen LogP contribution < -0.4 is 5.32 Å². The van der Waals surface area contributed by atoms with Gasteiger partial charge in [-0.1, -0.05) is 71.7 Å². The highest BCUT2D eigenvalue weighted by Gasteiger charge is 2.34. The zero-order valence-corrected chi connectivity index (χ0v) is 21.6. The molecule has 0 bridgehead atoms. The number of hydrogen-bond acceptors (Lipinski definition) is 3. The lowest BCUT2D eigenvalue weighted by Crippen LogP contribution is -2.47. The molecule has 0 spiro atoms. The van der Waals surface area contributed by atoms with Crippen LogP contribution >= 0.6 is 23.2 Å². The van der Waals surface area contributed by atoms with Gasteiger partial charge < -0.3 is 15.3 Å². The Morgan fingerprint density at radius 3 is 2.14 bits per heavy atom. The van der Waals surface area contributed by atoms with E-state index < -0.39 is 6.04 Å². The van der Waals surface area contributed by atoms with Crippen molar-refractivity contribution in [3.05, 3.63) is 99.5 Å². The van der Waals surface area contributed by atoms with Crippen LogP contribution in [-0.4, -0.2) is 27.9 Å². The summed E-state index contributed by atoms with van der Waals surface area (Å²) >= 11 is 12.4. The molecular formula is C28H30Cl2N2O3. The minimum absolute atomic E-state index is 0.160. The number of amides is 2. The molecule has 0 radical (unpaired) electrons. The molecule has 0 aliphatic heterocycles. The molecule has 3 aromatic carbocycles. The summed E-state index contributed by atoms with van der Waals surface area (Å²) in [5, 5.41) is 13.3. The molecule has 0 saturated carbocycles. The lowest BCUT2D eigenvalue weighted by atomic mass is 10.00. The molecule has 2 unspecified atom stereocenters. The molecule has 184 valence electrons. The first-order valence-corrected chi connectivity index (χ1v) is 12.3. The van der Waals surface area contributed by atoms with E-state index in [9.17, 15) is 14.7 Å². The summed E-state index contributed by atoms with van der Waals surface area (Å²) in [7, 11) is 0. The summed E-state index contributed by atoms with van der Waals surface area (Å²) in [6.07, 6.45) is 0.695. The highest BCUT2D eigenvalue weighted by Crippen LogP contribution is 2.31. The van der Waals surface area contributed by atoms with Gasteiger partial charge in [-0.05, 0) is 68.1 Å². The van der Waals surface area contributed by atoms with Crippen molar-refractivity contribution in [2.45, 2.75) is 51.7 Å². The Morgan fingerprint density at radius 2 is 1.54 bits per heavy atom. The van der Waals surface area contributed by atoms with Gasteiger partial charge in [0.2, 0.25) is 11.8 Å². The molecule has 0 aliphatic rings. The second kappa shape index (κ2) is 12.1. The van der Waals surface area contributed by atoms with E-state index >= 15 is 0 Å². The number of nitrogens with zero attached hydrogens (tertiary/aromatic N) is 1. The number of hydrogen-bond donors (Lipinski definition) is 2. The fraction of sp³-hybridized carbons (Fsp3) is 0.286. The third-order valence-corrected chi connectivity index (χ3v) is 6.59. The third kappa shape index (κ3) is 7.00. The van der Waals surface area contributed by atoms with Crippen LogP contribution in [0.1, 0.15) is 56.0 Å². The molecule has 0 saturated heterocycles. The molecule has 0 heterocycles. The summed E-state index contributed by atoms with van der Waals surface area (Å²) < 4.78 is 0. The third-order valence-electron chi connectivity index (χ3n) is 5.85. The first-order chi connectivity index (χ1) is 16.7. The van der Waals surface area contributed by atoms with Gasteiger partial charge in [-0.3, -0.25) is 9.59 Å². The molecule has 2 N–H and O–H groups in total. The topological polar surface area (TPSA) is 69.6 Å². The molecule has 2 atom stereocenters. The lowest BCUT2D eigenvalue weighted by Gasteiger charge is -2.35. The average molecular weight is 513 g/mol. The number of halogens is 2. The number of nitrogens with one attached hydrogen (secondary N) is 1. The maximum Gasteiger partial charge on any atom is 0.247 e. The number of benzene rings is 3. The zero-order valence-electron chi connectivity index (χ0n) is 20.0. The maximum atomic E-state index is 13.7. The summed E-state index contributed by atoms with van der Waals surface area (Å²) in [5.41, 5.74) is 2.47. The van der Waals surface area contributed by atoms with Gasteiger partial charge in [0.15, 0.2) is 0 Å². The summed E-state index contributed by atoms with van der Waals surface area (Å²) in [4.78, 5) is 28.8. The first-order valence-electron chi connectivity index (χ1n) is 11.6. The van der Waals surface area contributed by atoms with Gasteiger partial charge in [0, 0.05) is 12.5 Å². The van der Waals surface area contributed by atoms with Gasteiger partial charge in [0.1, 0.15) is 11.8 Å². The Labute approximate surface area is 216 Å². The van der Waals surface area contributed by atoms with Crippen LogP contribution in [0, 0.1) is 0 Å². The van der Waals surface area contributed by atoms with E-state index in [1.807, 2.05) is 51.1 Å². The van der Waals surface area contributed by atoms with E-state index in [4.69, 9.17) is 23.2 Å². The van der Waals surface area contributed by atoms with Gasteiger partial charge in [-0.2, -0.15) is 0 Å². The normalized spacial score (nSPS) is 12.7. The Hall–Kier alpha value is -3.02. The van der Waals surface area contributed by atoms with E-state index in [1.54, 1.807) is 47.4 Å². The zero-order chi connectivity index (χ0) is 25.5. The fourth-order valence-corrected chi connectivity index (χ4v) is 4.32. The number of rotatable bonds is 9. The Balaban J connectivity index is 1.90.